The Morgan fingerprint density at radius 1 is 1.00 bits per heavy atom. The lowest BCUT2D eigenvalue weighted by Crippen LogP contribution is -2.37. The molecule has 0 bridgehead atoms. The zero-order chi connectivity index (χ0) is 18.9. The molecule has 1 saturated heterocycles. The maximum absolute atomic E-state index is 12.2. The first-order chi connectivity index (χ1) is 13.8. The second-order valence-electron chi connectivity index (χ2n) is 7.56. The monoisotopic (exact) mass is 378 g/mol. The third-order valence-corrected chi connectivity index (χ3v) is 5.52. The fourth-order valence-electron chi connectivity index (χ4n) is 3.72. The molecule has 1 aliphatic carbocycles. The molecule has 0 spiro atoms. The van der Waals surface area contributed by atoms with Crippen LogP contribution in [-0.4, -0.2) is 47.6 Å². The van der Waals surface area contributed by atoms with Gasteiger partial charge in [-0.3, -0.25) is 9.78 Å². The molecule has 1 aliphatic heterocycles. The Hall–Kier alpha value is -3.10. The minimum absolute atomic E-state index is 0.00164. The van der Waals surface area contributed by atoms with E-state index in [9.17, 15) is 4.79 Å². The Labute approximate surface area is 162 Å². The van der Waals surface area contributed by atoms with E-state index in [0.29, 0.717) is 24.2 Å². The van der Waals surface area contributed by atoms with Crippen LogP contribution in [0.2, 0.25) is 0 Å². The summed E-state index contributed by atoms with van der Waals surface area (Å²) in [5.41, 5.74) is 1.07. The van der Waals surface area contributed by atoms with Crippen molar-refractivity contribution >= 4 is 5.82 Å². The zero-order valence-corrected chi connectivity index (χ0v) is 15.6. The second-order valence-corrected chi connectivity index (χ2v) is 7.56. The number of hydrogen-bond donors (Lipinski definition) is 0. The lowest BCUT2D eigenvalue weighted by atomic mass is 9.97. The molecule has 9 nitrogen and oxygen atoms in total. The summed E-state index contributed by atoms with van der Waals surface area (Å²) in [6.07, 6.45) is 10.9. The molecule has 0 aromatic carbocycles. The van der Waals surface area contributed by atoms with Crippen molar-refractivity contribution in [3.63, 3.8) is 0 Å². The van der Waals surface area contributed by atoms with E-state index in [-0.39, 0.29) is 5.56 Å². The predicted molar refractivity (Wildman–Crippen MR) is 102 cm³/mol. The molecule has 0 unspecified atom stereocenters. The van der Waals surface area contributed by atoms with Crippen LogP contribution in [0.1, 0.15) is 37.3 Å². The summed E-state index contributed by atoms with van der Waals surface area (Å²) in [5.74, 6) is 2.51. The van der Waals surface area contributed by atoms with Crippen LogP contribution in [0.15, 0.2) is 42.0 Å². The van der Waals surface area contributed by atoms with Crippen LogP contribution < -0.4 is 10.5 Å². The quantitative estimate of drug-likeness (QED) is 0.662. The Bertz CT molecular complexity index is 1000. The highest BCUT2D eigenvalue weighted by Crippen LogP contribution is 2.38. The van der Waals surface area contributed by atoms with Gasteiger partial charge in [-0.05, 0) is 37.7 Å². The Morgan fingerprint density at radius 2 is 1.82 bits per heavy atom. The van der Waals surface area contributed by atoms with Gasteiger partial charge in [-0.15, -0.1) is 0 Å². The molecule has 0 radical (unpaired) electrons. The van der Waals surface area contributed by atoms with Gasteiger partial charge >= 0.3 is 0 Å². The average Bonchev–Trinajstić information content (AvgIpc) is 3.44. The standard InChI is InChI=1S/C19H22N8O/c28-19-4-3-16(15-1-2-15)24-26(19)11-14-5-7-25(8-6-14)17-9-20-10-18(23-17)27-13-21-12-22-27/h3-4,9-10,12-15H,1-2,5-8,11H2. The lowest BCUT2D eigenvalue weighted by Gasteiger charge is -2.32. The summed E-state index contributed by atoms with van der Waals surface area (Å²) >= 11 is 0. The van der Waals surface area contributed by atoms with Gasteiger partial charge in [-0.1, -0.05) is 0 Å². The van der Waals surface area contributed by atoms with Gasteiger partial charge in [-0.25, -0.2) is 19.3 Å². The van der Waals surface area contributed by atoms with E-state index < -0.39 is 0 Å². The van der Waals surface area contributed by atoms with E-state index in [4.69, 9.17) is 0 Å². The molecule has 144 valence electrons. The maximum Gasteiger partial charge on any atom is 0.266 e. The van der Waals surface area contributed by atoms with Crippen molar-refractivity contribution in [2.24, 2.45) is 5.92 Å². The van der Waals surface area contributed by atoms with E-state index in [1.807, 2.05) is 6.07 Å². The molecule has 3 aromatic heterocycles. The van der Waals surface area contributed by atoms with Crippen LogP contribution in [-0.2, 0) is 6.54 Å². The molecular formula is C19H22N8O. The van der Waals surface area contributed by atoms with Gasteiger partial charge in [-0.2, -0.15) is 10.2 Å². The van der Waals surface area contributed by atoms with Crippen molar-refractivity contribution in [2.75, 3.05) is 18.0 Å². The van der Waals surface area contributed by atoms with Gasteiger partial charge < -0.3 is 4.90 Å². The first kappa shape index (κ1) is 17.0. The largest absolute Gasteiger partial charge is 0.355 e. The molecule has 1 saturated carbocycles. The van der Waals surface area contributed by atoms with Crippen molar-refractivity contribution in [2.45, 2.75) is 38.1 Å². The third-order valence-electron chi connectivity index (χ3n) is 5.52. The maximum atomic E-state index is 12.2. The van der Waals surface area contributed by atoms with E-state index in [1.54, 1.807) is 34.2 Å². The second kappa shape index (κ2) is 7.14. The summed E-state index contributed by atoms with van der Waals surface area (Å²) in [5, 5.41) is 8.71. The number of hydrogen-bond acceptors (Lipinski definition) is 7. The van der Waals surface area contributed by atoms with Crippen LogP contribution in [0.3, 0.4) is 0 Å². The normalized spacial score (nSPS) is 17.8. The van der Waals surface area contributed by atoms with Gasteiger partial charge in [0.2, 0.25) is 0 Å². The first-order valence-electron chi connectivity index (χ1n) is 9.76. The fraction of sp³-hybridized carbons (Fsp3) is 0.474. The molecular weight excluding hydrogens is 356 g/mol. The minimum Gasteiger partial charge on any atom is -0.355 e. The van der Waals surface area contributed by atoms with Crippen LogP contribution in [0, 0.1) is 5.92 Å². The van der Waals surface area contributed by atoms with Gasteiger partial charge in [0, 0.05) is 31.6 Å². The van der Waals surface area contributed by atoms with E-state index >= 15 is 0 Å². The molecule has 9 heteroatoms. The van der Waals surface area contributed by atoms with Gasteiger partial charge in [0.05, 0.1) is 18.1 Å². The molecule has 2 fully saturated rings. The van der Waals surface area contributed by atoms with Crippen molar-refractivity contribution in [3.05, 3.63) is 53.2 Å². The highest BCUT2D eigenvalue weighted by molar-refractivity contribution is 5.39. The fourth-order valence-corrected chi connectivity index (χ4v) is 3.72. The molecule has 4 heterocycles. The van der Waals surface area contributed by atoms with Crippen molar-refractivity contribution in [3.8, 4) is 5.82 Å². The topological polar surface area (TPSA) is 94.6 Å². The van der Waals surface area contributed by atoms with Crippen molar-refractivity contribution < 1.29 is 0 Å². The number of rotatable bonds is 5. The van der Waals surface area contributed by atoms with Crippen LogP contribution in [0.4, 0.5) is 5.82 Å². The number of piperidine rings is 1. The van der Waals surface area contributed by atoms with E-state index in [1.165, 1.54) is 19.2 Å². The van der Waals surface area contributed by atoms with Crippen LogP contribution >= 0.6 is 0 Å². The zero-order valence-electron chi connectivity index (χ0n) is 15.6. The number of anilines is 1. The van der Waals surface area contributed by atoms with Gasteiger partial charge in [0.1, 0.15) is 18.5 Å². The molecule has 3 aromatic rings. The van der Waals surface area contributed by atoms with Crippen LogP contribution in [0.5, 0.6) is 0 Å². The van der Waals surface area contributed by atoms with Gasteiger partial charge in [0.15, 0.2) is 5.82 Å². The van der Waals surface area contributed by atoms with Gasteiger partial charge in [0.25, 0.3) is 5.56 Å². The summed E-state index contributed by atoms with van der Waals surface area (Å²) < 4.78 is 3.27. The summed E-state index contributed by atoms with van der Waals surface area (Å²) in [4.78, 5) is 27.3. The third kappa shape index (κ3) is 3.51. The van der Waals surface area contributed by atoms with E-state index in [2.05, 4.69) is 30.0 Å². The number of nitrogens with zero attached hydrogens (tertiary/aromatic N) is 8. The summed E-state index contributed by atoms with van der Waals surface area (Å²) in [6.45, 7) is 2.46. The summed E-state index contributed by atoms with van der Waals surface area (Å²) in [7, 11) is 0. The average molecular weight is 378 g/mol. The Morgan fingerprint density at radius 3 is 2.57 bits per heavy atom. The Kier molecular flexibility index (Phi) is 4.34. The molecule has 0 N–H and O–H groups in total. The highest BCUT2D eigenvalue weighted by atomic mass is 16.1. The molecule has 0 atom stereocenters. The SMILES string of the molecule is O=c1ccc(C2CC2)nn1CC1CCN(c2cncc(-n3cncn3)n2)CC1. The van der Waals surface area contributed by atoms with Crippen LogP contribution in [0.25, 0.3) is 5.82 Å². The summed E-state index contributed by atoms with van der Waals surface area (Å²) in [6, 6.07) is 3.56. The van der Waals surface area contributed by atoms with Crippen molar-refractivity contribution in [1.82, 2.24) is 34.5 Å². The lowest BCUT2D eigenvalue weighted by molar-refractivity contribution is 0.332. The predicted octanol–water partition coefficient (Wildman–Crippen LogP) is 1.41. The van der Waals surface area contributed by atoms with E-state index in [0.717, 1.165) is 37.4 Å². The first-order valence-corrected chi connectivity index (χ1v) is 9.76. The highest BCUT2D eigenvalue weighted by Gasteiger charge is 2.26. The van der Waals surface area contributed by atoms with Crippen molar-refractivity contribution in [1.29, 1.82) is 0 Å². The number of aromatic nitrogens is 7. The Balaban J connectivity index is 1.24. The molecule has 2 aliphatic rings. The smallest absolute Gasteiger partial charge is 0.266 e. The molecule has 5 rings (SSSR count). The molecule has 0 amide bonds. The minimum atomic E-state index is -0.00164. The molecule has 28 heavy (non-hydrogen) atoms.